The molecule has 5 N–H and O–H groups in total. The van der Waals surface area contributed by atoms with E-state index in [2.05, 4.69) is 27.4 Å². The van der Waals surface area contributed by atoms with Crippen molar-refractivity contribution in [1.82, 2.24) is 9.47 Å². The molecule has 1 aliphatic rings. The van der Waals surface area contributed by atoms with Crippen molar-refractivity contribution in [3.05, 3.63) is 54.2 Å². The summed E-state index contributed by atoms with van der Waals surface area (Å²) < 4.78 is 64.4. The van der Waals surface area contributed by atoms with Crippen molar-refractivity contribution in [1.29, 1.82) is 0 Å². The number of alkyl halides is 3. The number of anilines is 2. The van der Waals surface area contributed by atoms with E-state index in [1.54, 1.807) is 25.1 Å². The van der Waals surface area contributed by atoms with Crippen LogP contribution in [0.15, 0.2) is 53.4 Å². The Morgan fingerprint density at radius 3 is 2.46 bits per heavy atom. The average molecular weight is 564 g/mol. The third-order valence-corrected chi connectivity index (χ3v) is 7.46. The van der Waals surface area contributed by atoms with Gasteiger partial charge in [-0.2, -0.15) is 13.2 Å². The Kier molecular flexibility index (Phi) is 8.76. The number of hydrogen-bond acceptors (Lipinski definition) is 6. The molecule has 39 heavy (non-hydrogen) atoms. The monoisotopic (exact) mass is 563 g/mol. The van der Waals surface area contributed by atoms with Crippen molar-refractivity contribution in [2.75, 3.05) is 36.8 Å². The van der Waals surface area contributed by atoms with Crippen LogP contribution in [0.5, 0.6) is 0 Å². The number of fused-ring (bicyclic) bond motifs is 1. The van der Waals surface area contributed by atoms with Gasteiger partial charge in [0.15, 0.2) is 0 Å². The number of nitrogens with zero attached hydrogens (tertiary/aromatic N) is 2. The van der Waals surface area contributed by atoms with Crippen LogP contribution in [0.2, 0.25) is 0 Å². The maximum atomic E-state index is 13.5. The highest BCUT2D eigenvalue weighted by Crippen LogP contribution is 2.31. The number of likely N-dealkylation sites (tertiary alicyclic amines) is 1. The Hall–Kier alpha value is -3.24. The van der Waals surface area contributed by atoms with E-state index in [-0.39, 0.29) is 29.3 Å². The highest BCUT2D eigenvalue weighted by molar-refractivity contribution is 7.89. The van der Waals surface area contributed by atoms with Gasteiger partial charge >= 0.3 is 6.18 Å². The van der Waals surface area contributed by atoms with Gasteiger partial charge in [0.05, 0.1) is 28.8 Å². The SMILES string of the molecule is CC(O)CN1CCC(Nc2cccc3c2cc(C#CCNc2ccc(S(N)(=O)=O)cc2)n3CC(F)(F)F)CC1. The molecule has 4 rings (SSSR count). The van der Waals surface area contributed by atoms with Crippen molar-refractivity contribution in [3.63, 3.8) is 0 Å². The normalized spacial score (nSPS) is 16.1. The molecule has 1 aromatic heterocycles. The number of β-amino-alcohol motifs (C(OH)–C–C–N with tert-alkyl or cyclic N) is 1. The summed E-state index contributed by atoms with van der Waals surface area (Å²) >= 11 is 0. The number of primary sulfonamides is 1. The number of rotatable bonds is 8. The van der Waals surface area contributed by atoms with Crippen LogP contribution in [0.1, 0.15) is 25.5 Å². The molecule has 3 aromatic rings. The number of halogens is 3. The molecular formula is C27H32F3N5O3S. The molecule has 1 aliphatic heterocycles. The number of hydrogen-bond donors (Lipinski definition) is 4. The van der Waals surface area contributed by atoms with Gasteiger partial charge < -0.3 is 25.2 Å². The predicted octanol–water partition coefficient (Wildman–Crippen LogP) is 3.57. The fourth-order valence-corrected chi connectivity index (χ4v) is 5.28. The summed E-state index contributed by atoms with van der Waals surface area (Å²) in [5, 5.41) is 21.9. The van der Waals surface area contributed by atoms with Crippen LogP contribution in [-0.2, 0) is 16.6 Å². The summed E-state index contributed by atoms with van der Waals surface area (Å²) in [6.07, 6.45) is -3.08. The number of nitrogens with two attached hydrogens (primary N) is 1. The molecule has 1 unspecified atom stereocenters. The zero-order valence-electron chi connectivity index (χ0n) is 21.5. The fraction of sp³-hybridized carbons (Fsp3) is 0.407. The molecule has 12 heteroatoms. The molecule has 0 spiro atoms. The predicted molar refractivity (Wildman–Crippen MR) is 146 cm³/mol. The summed E-state index contributed by atoms with van der Waals surface area (Å²) in [6.45, 7) is 3.04. The smallest absolute Gasteiger partial charge is 0.392 e. The van der Waals surface area contributed by atoms with Gasteiger partial charge in [-0.05, 0) is 68.2 Å². The largest absolute Gasteiger partial charge is 0.406 e. The first-order valence-corrected chi connectivity index (χ1v) is 14.2. The fourth-order valence-electron chi connectivity index (χ4n) is 4.76. The van der Waals surface area contributed by atoms with Gasteiger partial charge in [-0.25, -0.2) is 13.6 Å². The number of benzene rings is 2. The van der Waals surface area contributed by atoms with Crippen molar-refractivity contribution in [2.45, 2.75) is 49.5 Å². The van der Waals surface area contributed by atoms with Crippen LogP contribution in [0.4, 0.5) is 24.5 Å². The van der Waals surface area contributed by atoms with E-state index in [0.717, 1.165) is 31.6 Å². The first kappa shape index (κ1) is 28.8. The molecule has 2 aromatic carbocycles. The average Bonchev–Trinajstić information content (AvgIpc) is 3.19. The minimum Gasteiger partial charge on any atom is -0.392 e. The molecule has 0 amide bonds. The Bertz CT molecular complexity index is 1450. The Morgan fingerprint density at radius 2 is 1.85 bits per heavy atom. The second-order valence-corrected chi connectivity index (χ2v) is 11.3. The van der Waals surface area contributed by atoms with E-state index in [4.69, 9.17) is 5.14 Å². The van der Waals surface area contributed by atoms with Crippen molar-refractivity contribution in [3.8, 4) is 11.8 Å². The standard InChI is InChI=1S/C27H32F3N5O3S/c1-19(36)17-34-14-11-21(12-15-34)33-25-5-2-6-26-24(25)16-22(35(26)18-27(28,29)30)4-3-13-32-20-7-9-23(10-8-20)39(31,37)38/h2,5-10,16,19,21,32-33,36H,11-15,17-18H2,1H3,(H2,31,37,38). The number of aliphatic hydroxyl groups excluding tert-OH is 1. The Labute approximate surface area is 226 Å². The van der Waals surface area contributed by atoms with Crippen LogP contribution in [0.25, 0.3) is 10.9 Å². The maximum absolute atomic E-state index is 13.5. The molecule has 1 fully saturated rings. The van der Waals surface area contributed by atoms with Gasteiger partial charge in [-0.1, -0.05) is 12.0 Å². The summed E-state index contributed by atoms with van der Waals surface area (Å²) in [7, 11) is -3.80. The quantitative estimate of drug-likeness (QED) is 0.312. The van der Waals surface area contributed by atoms with E-state index in [1.807, 2.05) is 6.07 Å². The lowest BCUT2D eigenvalue weighted by Gasteiger charge is -2.33. The minimum atomic E-state index is -4.42. The van der Waals surface area contributed by atoms with Gasteiger partial charge in [0.2, 0.25) is 10.0 Å². The number of nitrogens with one attached hydrogen (secondary N) is 2. The van der Waals surface area contributed by atoms with E-state index in [9.17, 15) is 26.7 Å². The molecule has 8 nitrogen and oxygen atoms in total. The van der Waals surface area contributed by atoms with E-state index < -0.39 is 22.7 Å². The van der Waals surface area contributed by atoms with Gasteiger partial charge in [-0.15, -0.1) is 0 Å². The molecular weight excluding hydrogens is 531 g/mol. The molecule has 0 saturated carbocycles. The first-order chi connectivity index (χ1) is 18.4. The Balaban J connectivity index is 1.52. The molecule has 1 saturated heterocycles. The third kappa shape index (κ3) is 7.89. The van der Waals surface area contributed by atoms with Crippen LogP contribution < -0.4 is 15.8 Å². The van der Waals surface area contributed by atoms with E-state index in [0.29, 0.717) is 23.1 Å². The molecule has 0 bridgehead atoms. The van der Waals surface area contributed by atoms with Crippen molar-refractivity contribution in [2.24, 2.45) is 5.14 Å². The lowest BCUT2D eigenvalue weighted by molar-refractivity contribution is -0.140. The Morgan fingerprint density at radius 1 is 1.15 bits per heavy atom. The van der Waals surface area contributed by atoms with Crippen molar-refractivity contribution >= 4 is 32.3 Å². The van der Waals surface area contributed by atoms with Crippen LogP contribution in [0.3, 0.4) is 0 Å². The molecule has 1 atom stereocenters. The van der Waals surface area contributed by atoms with Gasteiger partial charge in [0.25, 0.3) is 0 Å². The molecule has 0 radical (unpaired) electrons. The lowest BCUT2D eigenvalue weighted by Crippen LogP contribution is -2.41. The highest BCUT2D eigenvalue weighted by Gasteiger charge is 2.30. The lowest BCUT2D eigenvalue weighted by atomic mass is 10.0. The maximum Gasteiger partial charge on any atom is 0.406 e. The summed E-state index contributed by atoms with van der Waals surface area (Å²) in [5.74, 6) is 5.73. The topological polar surface area (TPSA) is 113 Å². The van der Waals surface area contributed by atoms with E-state index >= 15 is 0 Å². The minimum absolute atomic E-state index is 0.0227. The van der Waals surface area contributed by atoms with Gasteiger partial charge in [-0.3, -0.25) is 0 Å². The number of sulfonamides is 1. The van der Waals surface area contributed by atoms with Crippen LogP contribution in [0, 0.1) is 11.8 Å². The summed E-state index contributed by atoms with van der Waals surface area (Å²) in [6, 6.07) is 12.9. The zero-order valence-corrected chi connectivity index (χ0v) is 22.3. The summed E-state index contributed by atoms with van der Waals surface area (Å²) in [4.78, 5) is 2.19. The summed E-state index contributed by atoms with van der Waals surface area (Å²) in [5.41, 5.74) is 2.05. The van der Waals surface area contributed by atoms with E-state index in [1.165, 1.54) is 28.8 Å². The zero-order chi connectivity index (χ0) is 28.2. The highest BCUT2D eigenvalue weighted by atomic mass is 32.2. The number of aromatic nitrogens is 1. The first-order valence-electron chi connectivity index (χ1n) is 12.6. The van der Waals surface area contributed by atoms with Gasteiger partial charge in [0.1, 0.15) is 6.54 Å². The molecule has 0 aliphatic carbocycles. The molecule has 2 heterocycles. The van der Waals surface area contributed by atoms with Gasteiger partial charge in [0, 0.05) is 42.4 Å². The van der Waals surface area contributed by atoms with Crippen molar-refractivity contribution < 1.29 is 26.7 Å². The number of piperidine rings is 1. The molecule has 210 valence electrons. The second-order valence-electron chi connectivity index (χ2n) is 9.76. The van der Waals surface area contributed by atoms with Crippen LogP contribution in [-0.4, -0.2) is 67.5 Å². The third-order valence-electron chi connectivity index (χ3n) is 6.53. The second kappa shape index (κ2) is 11.9. The number of aliphatic hydroxyl groups is 1. The van der Waals surface area contributed by atoms with Crippen LogP contribution >= 0.6 is 0 Å².